The lowest BCUT2D eigenvalue weighted by atomic mass is 10.0. The summed E-state index contributed by atoms with van der Waals surface area (Å²) in [4.78, 5) is 29.9. The number of hydrogen-bond donors (Lipinski definition) is 2. The van der Waals surface area contributed by atoms with E-state index >= 15 is 4.39 Å². The topological polar surface area (TPSA) is 131 Å². The third-order valence-electron chi connectivity index (χ3n) is 6.96. The lowest BCUT2D eigenvalue weighted by Gasteiger charge is -2.46. The number of aromatic nitrogens is 4. The number of anilines is 1. The van der Waals surface area contributed by atoms with E-state index in [1.54, 1.807) is 41.1 Å². The lowest BCUT2D eigenvalue weighted by molar-refractivity contribution is -0.152. The molecular weight excluding hydrogens is 501 g/mol. The molecule has 200 valence electrons. The Balaban J connectivity index is 1.69. The Hall–Kier alpha value is -4.40. The fraction of sp³-hybridized carbons (Fsp3) is 0.321. The average Bonchev–Trinajstić information content (AvgIpc) is 3.32. The minimum atomic E-state index is -1.59. The number of rotatable bonds is 5. The summed E-state index contributed by atoms with van der Waals surface area (Å²) in [6.07, 6.45) is 4.66. The van der Waals surface area contributed by atoms with Gasteiger partial charge < -0.3 is 20.0 Å². The van der Waals surface area contributed by atoms with Crippen molar-refractivity contribution < 1.29 is 19.4 Å². The van der Waals surface area contributed by atoms with E-state index in [-0.39, 0.29) is 25.7 Å². The van der Waals surface area contributed by atoms with Crippen molar-refractivity contribution >= 4 is 22.8 Å². The van der Waals surface area contributed by atoms with E-state index in [9.17, 15) is 20.3 Å². The van der Waals surface area contributed by atoms with Gasteiger partial charge in [0.1, 0.15) is 29.4 Å². The van der Waals surface area contributed by atoms with Crippen LogP contribution in [-0.2, 0) is 4.79 Å². The number of pyridine rings is 1. The zero-order chi connectivity index (χ0) is 27.9. The van der Waals surface area contributed by atoms with Gasteiger partial charge >= 0.3 is 0 Å². The average molecular weight is 530 g/mol. The van der Waals surface area contributed by atoms with Crippen LogP contribution < -0.4 is 4.90 Å². The van der Waals surface area contributed by atoms with Crippen LogP contribution in [-0.4, -0.2) is 77.9 Å². The lowest BCUT2D eigenvalue weighted by Crippen LogP contribution is -2.63. The van der Waals surface area contributed by atoms with Crippen molar-refractivity contribution in [3.63, 3.8) is 0 Å². The minimum absolute atomic E-state index is 0.232. The van der Waals surface area contributed by atoms with Crippen LogP contribution >= 0.6 is 0 Å². The highest BCUT2D eigenvalue weighted by Crippen LogP contribution is 2.39. The highest BCUT2D eigenvalue weighted by atomic mass is 19.1. The molecule has 0 aliphatic carbocycles. The van der Waals surface area contributed by atoms with Crippen molar-refractivity contribution in [2.45, 2.75) is 38.5 Å². The molecule has 4 heterocycles. The van der Waals surface area contributed by atoms with Crippen molar-refractivity contribution in [2.75, 3.05) is 24.6 Å². The molecule has 0 radical (unpaired) electrons. The molecule has 1 saturated heterocycles. The maximum atomic E-state index is 15.1. The van der Waals surface area contributed by atoms with E-state index in [4.69, 9.17) is 0 Å². The minimum Gasteiger partial charge on any atom is -0.394 e. The number of nitrogens with zero attached hydrogens (tertiary/aromatic N) is 7. The number of hydrogen-bond acceptors (Lipinski definition) is 8. The van der Waals surface area contributed by atoms with Crippen molar-refractivity contribution in [3.8, 4) is 23.0 Å². The smallest absolute Gasteiger partial charge is 0.254 e. The second kappa shape index (κ2) is 10.1. The number of carbonyl (C=O) groups is 1. The van der Waals surface area contributed by atoms with Crippen molar-refractivity contribution in [1.29, 1.82) is 5.26 Å². The summed E-state index contributed by atoms with van der Waals surface area (Å²) in [7, 11) is 0. The first-order chi connectivity index (χ1) is 18.6. The Bertz CT molecular complexity index is 1590. The first-order valence-electron chi connectivity index (χ1n) is 12.5. The van der Waals surface area contributed by atoms with Crippen LogP contribution in [0.4, 0.5) is 10.2 Å². The molecule has 1 aliphatic rings. The number of carbonyl (C=O) groups excluding carboxylic acids is 1. The Morgan fingerprint density at radius 1 is 1.18 bits per heavy atom. The normalized spacial score (nSPS) is 17.9. The summed E-state index contributed by atoms with van der Waals surface area (Å²) in [5, 5.41) is 30.5. The van der Waals surface area contributed by atoms with Crippen LogP contribution in [0.2, 0.25) is 0 Å². The molecule has 1 amide bonds. The first kappa shape index (κ1) is 26.2. The van der Waals surface area contributed by atoms with E-state index in [2.05, 4.69) is 21.0 Å². The van der Waals surface area contributed by atoms with Gasteiger partial charge in [0, 0.05) is 42.7 Å². The van der Waals surface area contributed by atoms with Crippen LogP contribution in [0.1, 0.15) is 26.3 Å². The van der Waals surface area contributed by atoms with E-state index in [1.807, 2.05) is 11.8 Å². The number of fused-ring (bicyclic) bond motifs is 1. The fourth-order valence-electron chi connectivity index (χ4n) is 5.03. The third-order valence-corrected chi connectivity index (χ3v) is 6.96. The van der Waals surface area contributed by atoms with Gasteiger partial charge in [-0.15, -0.1) is 0 Å². The van der Waals surface area contributed by atoms with Gasteiger partial charge in [-0.25, -0.2) is 19.3 Å². The van der Waals surface area contributed by atoms with Gasteiger partial charge in [0.05, 0.1) is 29.7 Å². The summed E-state index contributed by atoms with van der Waals surface area (Å²) >= 11 is 0. The maximum absolute atomic E-state index is 15.1. The molecule has 2 N–H and O–H groups in total. The molecule has 1 fully saturated rings. The van der Waals surface area contributed by atoms with Gasteiger partial charge in [0.15, 0.2) is 5.65 Å². The largest absolute Gasteiger partial charge is 0.394 e. The Morgan fingerprint density at radius 2 is 1.95 bits per heavy atom. The maximum Gasteiger partial charge on any atom is 0.254 e. The molecule has 1 aromatic carbocycles. The van der Waals surface area contributed by atoms with Crippen LogP contribution in [0, 0.1) is 17.1 Å². The predicted molar refractivity (Wildman–Crippen MR) is 142 cm³/mol. The zero-order valence-corrected chi connectivity index (χ0v) is 21.8. The number of halogens is 1. The summed E-state index contributed by atoms with van der Waals surface area (Å²) in [6.45, 7) is 4.92. The molecule has 5 rings (SSSR count). The Morgan fingerprint density at radius 3 is 2.64 bits per heavy atom. The van der Waals surface area contributed by atoms with Crippen LogP contribution in [0.5, 0.6) is 0 Å². The third kappa shape index (κ3) is 4.69. The number of piperazine rings is 1. The zero-order valence-electron chi connectivity index (χ0n) is 21.8. The monoisotopic (exact) mass is 529 g/mol. The number of nitriles is 1. The SMILES string of the molecule is CC1CN(C(=O)C(C)(C)O)[C@H](CO)CN1c1ncnc2c1c(-c1ccccc1F)cn2-c1cc(C#N)ccn1. The van der Waals surface area contributed by atoms with E-state index in [0.717, 1.165) is 0 Å². The predicted octanol–water partition coefficient (Wildman–Crippen LogP) is 2.66. The van der Waals surface area contributed by atoms with Crippen molar-refractivity contribution in [1.82, 2.24) is 24.4 Å². The molecule has 1 unspecified atom stereocenters. The van der Waals surface area contributed by atoms with Crippen molar-refractivity contribution in [3.05, 3.63) is 66.5 Å². The molecule has 4 aromatic rings. The van der Waals surface area contributed by atoms with Crippen molar-refractivity contribution in [2.24, 2.45) is 0 Å². The highest BCUT2D eigenvalue weighted by molar-refractivity contribution is 6.02. The molecule has 2 atom stereocenters. The second-order valence-electron chi connectivity index (χ2n) is 10.2. The highest BCUT2D eigenvalue weighted by Gasteiger charge is 2.40. The molecule has 3 aromatic heterocycles. The molecule has 1 aliphatic heterocycles. The standard InChI is InChI=1S/C28H28FN7O3/c1-17-12-35(27(38)28(2,3)39)19(15-37)13-34(17)25-24-21(20-6-4-5-7-22(20)29)14-36(26(24)33-16-32-25)23-10-18(11-30)8-9-31-23/h4-10,14,16-17,19,37,39H,12-13,15H2,1-3H3/t17?,19-/m0/s1. The summed E-state index contributed by atoms with van der Waals surface area (Å²) in [5.41, 5.74) is 0.165. The van der Waals surface area contributed by atoms with E-state index < -0.39 is 23.4 Å². The fourth-order valence-corrected chi connectivity index (χ4v) is 5.03. The Labute approximate surface area is 224 Å². The molecule has 10 nitrogen and oxygen atoms in total. The summed E-state index contributed by atoms with van der Waals surface area (Å²) in [6, 6.07) is 10.9. The number of aliphatic hydroxyl groups excluding tert-OH is 1. The van der Waals surface area contributed by atoms with E-state index in [0.29, 0.717) is 39.4 Å². The van der Waals surface area contributed by atoms with Gasteiger partial charge in [0.25, 0.3) is 5.91 Å². The molecule has 11 heteroatoms. The summed E-state index contributed by atoms with van der Waals surface area (Å²) < 4.78 is 16.8. The molecule has 0 spiro atoms. The van der Waals surface area contributed by atoms with Gasteiger partial charge in [-0.1, -0.05) is 18.2 Å². The molecule has 0 bridgehead atoms. The molecular formula is C28H28FN7O3. The van der Waals surface area contributed by atoms with Gasteiger partial charge in [-0.05, 0) is 39.0 Å². The van der Waals surface area contributed by atoms with Crippen LogP contribution in [0.3, 0.4) is 0 Å². The second-order valence-corrected chi connectivity index (χ2v) is 10.2. The first-order valence-corrected chi connectivity index (χ1v) is 12.5. The van der Waals surface area contributed by atoms with E-state index in [1.165, 1.54) is 37.3 Å². The number of amides is 1. The molecule has 39 heavy (non-hydrogen) atoms. The van der Waals surface area contributed by atoms with Crippen LogP contribution in [0.25, 0.3) is 28.0 Å². The van der Waals surface area contributed by atoms with Gasteiger partial charge in [0.2, 0.25) is 0 Å². The number of benzene rings is 1. The summed E-state index contributed by atoms with van der Waals surface area (Å²) in [5.74, 6) is 0.0532. The Kier molecular flexibility index (Phi) is 6.76. The van der Waals surface area contributed by atoms with Gasteiger partial charge in [-0.3, -0.25) is 9.36 Å². The number of aliphatic hydroxyl groups is 2. The van der Waals surface area contributed by atoms with Gasteiger partial charge in [-0.2, -0.15) is 5.26 Å². The quantitative estimate of drug-likeness (QED) is 0.403. The molecule has 0 saturated carbocycles. The van der Waals surface area contributed by atoms with Crippen LogP contribution in [0.15, 0.2) is 55.1 Å².